The summed E-state index contributed by atoms with van der Waals surface area (Å²) >= 11 is 0. The number of esters is 1. The third-order valence-corrected chi connectivity index (χ3v) is 1.71. The van der Waals surface area contributed by atoms with Crippen LogP contribution >= 0.6 is 0 Å². The van der Waals surface area contributed by atoms with Crippen LogP contribution < -0.4 is 0 Å². The summed E-state index contributed by atoms with van der Waals surface area (Å²) in [5.74, 6) is -0.879. The Kier molecular flexibility index (Phi) is 3.52. The number of aromatic nitrogens is 1. The first-order valence-corrected chi connectivity index (χ1v) is 4.13. The molecule has 1 aromatic heterocycles. The lowest BCUT2D eigenvalue weighted by molar-refractivity contribution is 0.0600. The first kappa shape index (κ1) is 10.9. The molecule has 0 radical (unpaired) electrons. The van der Waals surface area contributed by atoms with Gasteiger partial charge in [0.2, 0.25) is 0 Å². The maximum Gasteiger partial charge on any atom is 0.339 e. The van der Waals surface area contributed by atoms with Crippen molar-refractivity contribution in [1.82, 2.24) is 4.98 Å². The van der Waals surface area contributed by atoms with Crippen LogP contribution in [-0.4, -0.2) is 23.8 Å². The summed E-state index contributed by atoms with van der Waals surface area (Å²) in [6, 6.07) is 4.56. The predicted molar refractivity (Wildman–Crippen MR) is 50.1 cm³/mol. The Labute approximate surface area is 86.3 Å². The molecule has 0 aliphatic heterocycles. The molecule has 0 bridgehead atoms. The normalized spacial score (nSPS) is 9.07. The summed E-state index contributed by atoms with van der Waals surface area (Å²) in [7, 11) is 1.26. The number of ether oxygens (including phenoxy) is 1. The summed E-state index contributed by atoms with van der Waals surface area (Å²) < 4.78 is 4.47. The number of carbonyl (C=O) groups is 2. The molecule has 0 unspecified atom stereocenters. The Hall–Kier alpha value is -2.22. The molecule has 1 aromatic rings. The molecule has 1 heterocycles. The van der Waals surface area contributed by atoms with Crippen LogP contribution in [0, 0.1) is 11.3 Å². The number of hydrogen-bond acceptors (Lipinski definition) is 5. The van der Waals surface area contributed by atoms with E-state index in [1.165, 1.54) is 25.4 Å². The van der Waals surface area contributed by atoms with Gasteiger partial charge in [-0.3, -0.25) is 9.78 Å². The second-order valence-corrected chi connectivity index (χ2v) is 2.68. The minimum Gasteiger partial charge on any atom is -0.465 e. The van der Waals surface area contributed by atoms with E-state index in [0.717, 1.165) is 0 Å². The molecule has 0 saturated carbocycles. The molecule has 76 valence electrons. The van der Waals surface area contributed by atoms with Gasteiger partial charge < -0.3 is 4.74 Å². The highest BCUT2D eigenvalue weighted by molar-refractivity contribution is 5.96. The SMILES string of the molecule is COC(=O)c1ccc(C(=O)CC#N)nc1. The molecule has 0 saturated heterocycles. The van der Waals surface area contributed by atoms with Crippen LogP contribution in [0.25, 0.3) is 0 Å². The molecule has 0 fully saturated rings. The third kappa shape index (κ3) is 2.61. The zero-order chi connectivity index (χ0) is 11.3. The number of nitriles is 1. The number of nitrogens with zero attached hydrogens (tertiary/aromatic N) is 2. The second kappa shape index (κ2) is 4.86. The van der Waals surface area contributed by atoms with Crippen LogP contribution in [0.5, 0.6) is 0 Å². The van der Waals surface area contributed by atoms with Crippen molar-refractivity contribution in [2.75, 3.05) is 7.11 Å². The zero-order valence-electron chi connectivity index (χ0n) is 8.06. The number of rotatable bonds is 3. The van der Waals surface area contributed by atoms with Gasteiger partial charge in [-0.2, -0.15) is 5.26 Å². The van der Waals surface area contributed by atoms with Crippen LogP contribution in [0.1, 0.15) is 27.3 Å². The van der Waals surface area contributed by atoms with E-state index >= 15 is 0 Å². The minimum absolute atomic E-state index is 0.171. The molecule has 0 atom stereocenters. The van der Waals surface area contributed by atoms with Gasteiger partial charge in [0.25, 0.3) is 0 Å². The molecule has 15 heavy (non-hydrogen) atoms. The minimum atomic E-state index is -0.512. The second-order valence-electron chi connectivity index (χ2n) is 2.68. The van der Waals surface area contributed by atoms with Crippen LogP contribution in [-0.2, 0) is 4.74 Å². The van der Waals surface area contributed by atoms with Crippen LogP contribution in [0.4, 0.5) is 0 Å². The number of hydrogen-bond donors (Lipinski definition) is 0. The topological polar surface area (TPSA) is 80.0 Å². The Balaban J connectivity index is 2.86. The number of ketones is 1. The van der Waals surface area contributed by atoms with Gasteiger partial charge in [0.05, 0.1) is 18.7 Å². The van der Waals surface area contributed by atoms with E-state index in [-0.39, 0.29) is 23.5 Å². The Morgan fingerprint density at radius 2 is 2.27 bits per heavy atom. The highest BCUT2D eigenvalue weighted by Crippen LogP contribution is 2.04. The van der Waals surface area contributed by atoms with Crippen LogP contribution in [0.15, 0.2) is 18.3 Å². The lowest BCUT2D eigenvalue weighted by atomic mass is 10.2. The number of Topliss-reactive ketones (excluding diaryl/α,β-unsaturated/α-hetero) is 1. The van der Waals surface area contributed by atoms with Gasteiger partial charge >= 0.3 is 5.97 Å². The first-order chi connectivity index (χ1) is 7.19. The standard InChI is InChI=1S/C10H8N2O3/c1-15-10(14)7-2-3-8(12-6-7)9(13)4-5-11/h2-3,6H,4H2,1H3. The molecular weight excluding hydrogens is 196 g/mol. The molecule has 0 aliphatic carbocycles. The zero-order valence-corrected chi connectivity index (χ0v) is 8.06. The average Bonchev–Trinajstić information content (AvgIpc) is 2.28. The van der Waals surface area contributed by atoms with Crippen molar-refractivity contribution in [3.63, 3.8) is 0 Å². The number of carbonyl (C=O) groups excluding carboxylic acids is 2. The largest absolute Gasteiger partial charge is 0.465 e. The van der Waals surface area contributed by atoms with Crippen molar-refractivity contribution in [2.45, 2.75) is 6.42 Å². The van der Waals surface area contributed by atoms with Gasteiger partial charge in [-0.15, -0.1) is 0 Å². The Morgan fingerprint density at radius 3 is 2.73 bits per heavy atom. The van der Waals surface area contributed by atoms with E-state index in [4.69, 9.17) is 5.26 Å². The lowest BCUT2D eigenvalue weighted by Crippen LogP contribution is -2.05. The van der Waals surface area contributed by atoms with Crippen molar-refractivity contribution >= 4 is 11.8 Å². The molecule has 0 spiro atoms. The van der Waals surface area contributed by atoms with Crippen molar-refractivity contribution in [3.05, 3.63) is 29.6 Å². The molecular formula is C10H8N2O3. The van der Waals surface area contributed by atoms with E-state index in [9.17, 15) is 9.59 Å². The highest BCUT2D eigenvalue weighted by atomic mass is 16.5. The van der Waals surface area contributed by atoms with Gasteiger partial charge in [0.15, 0.2) is 5.78 Å². The summed E-state index contributed by atoms with van der Waals surface area (Å²) in [5, 5.41) is 8.31. The van der Waals surface area contributed by atoms with Gasteiger partial charge in [0, 0.05) is 6.20 Å². The molecule has 1 rings (SSSR count). The number of pyridine rings is 1. The smallest absolute Gasteiger partial charge is 0.339 e. The summed E-state index contributed by atoms with van der Waals surface area (Å²) in [4.78, 5) is 26.0. The predicted octanol–water partition coefficient (Wildman–Crippen LogP) is 0.965. The monoisotopic (exact) mass is 204 g/mol. The van der Waals surface area contributed by atoms with E-state index in [1.54, 1.807) is 6.07 Å². The highest BCUT2D eigenvalue weighted by Gasteiger charge is 2.09. The van der Waals surface area contributed by atoms with E-state index in [2.05, 4.69) is 9.72 Å². The third-order valence-electron chi connectivity index (χ3n) is 1.71. The average molecular weight is 204 g/mol. The number of methoxy groups -OCH3 is 1. The summed E-state index contributed by atoms with van der Waals surface area (Å²) in [5.41, 5.74) is 0.440. The fraction of sp³-hybridized carbons (Fsp3) is 0.200. The van der Waals surface area contributed by atoms with Crippen molar-refractivity contribution in [3.8, 4) is 6.07 Å². The Bertz CT molecular complexity index is 417. The fourth-order valence-electron chi connectivity index (χ4n) is 0.960. The van der Waals surface area contributed by atoms with E-state index in [0.29, 0.717) is 0 Å². The van der Waals surface area contributed by atoms with E-state index < -0.39 is 5.97 Å². The molecule has 0 N–H and O–H groups in total. The quantitative estimate of drug-likeness (QED) is 0.541. The molecule has 0 aromatic carbocycles. The van der Waals surface area contributed by atoms with Crippen LogP contribution in [0.2, 0.25) is 0 Å². The van der Waals surface area contributed by atoms with Crippen molar-refractivity contribution < 1.29 is 14.3 Å². The Morgan fingerprint density at radius 1 is 1.53 bits per heavy atom. The lowest BCUT2D eigenvalue weighted by Gasteiger charge is -1.99. The first-order valence-electron chi connectivity index (χ1n) is 4.13. The van der Waals surface area contributed by atoms with E-state index in [1.807, 2.05) is 0 Å². The van der Waals surface area contributed by atoms with Gasteiger partial charge in [0.1, 0.15) is 12.1 Å². The van der Waals surface area contributed by atoms with Gasteiger partial charge in [-0.05, 0) is 12.1 Å². The maximum atomic E-state index is 11.2. The molecule has 0 aliphatic rings. The van der Waals surface area contributed by atoms with Crippen LogP contribution in [0.3, 0.4) is 0 Å². The summed E-state index contributed by atoms with van der Waals surface area (Å²) in [6.45, 7) is 0. The maximum absolute atomic E-state index is 11.2. The van der Waals surface area contributed by atoms with Crippen molar-refractivity contribution in [1.29, 1.82) is 5.26 Å². The van der Waals surface area contributed by atoms with Crippen molar-refractivity contribution in [2.24, 2.45) is 0 Å². The molecule has 0 amide bonds. The molecule has 5 nitrogen and oxygen atoms in total. The van der Waals surface area contributed by atoms with Gasteiger partial charge in [-0.1, -0.05) is 0 Å². The molecule has 5 heteroatoms. The fourth-order valence-corrected chi connectivity index (χ4v) is 0.960. The van der Waals surface area contributed by atoms with Gasteiger partial charge in [-0.25, -0.2) is 4.79 Å². The summed E-state index contributed by atoms with van der Waals surface area (Å²) in [6.07, 6.45) is 1.03.